The SMILES string of the molecule is CCn1ncc2c(Nc3cn(-c4cc(OC)c(OC)c(OC)c4)cn3)nc(C(C)C)nc21. The quantitative estimate of drug-likeness (QED) is 0.443. The van der Waals surface area contributed by atoms with Gasteiger partial charge in [-0.2, -0.15) is 5.10 Å². The van der Waals surface area contributed by atoms with Crippen LogP contribution < -0.4 is 19.5 Å². The minimum absolute atomic E-state index is 0.178. The molecule has 0 atom stereocenters. The molecule has 0 amide bonds. The molecule has 10 heteroatoms. The van der Waals surface area contributed by atoms with E-state index in [1.165, 1.54) is 0 Å². The Hall–Kier alpha value is -3.82. The number of rotatable bonds is 8. The molecule has 4 rings (SSSR count). The average molecular weight is 438 g/mol. The van der Waals surface area contributed by atoms with Crippen molar-refractivity contribution in [1.29, 1.82) is 0 Å². The van der Waals surface area contributed by atoms with Crippen LogP contribution in [0.2, 0.25) is 0 Å². The number of fused-ring (bicyclic) bond motifs is 1. The van der Waals surface area contributed by atoms with Crippen LogP contribution in [0.1, 0.15) is 32.5 Å². The topological polar surface area (TPSA) is 101 Å². The first-order valence-corrected chi connectivity index (χ1v) is 10.3. The maximum Gasteiger partial charge on any atom is 0.203 e. The number of ether oxygens (including phenoxy) is 3. The summed E-state index contributed by atoms with van der Waals surface area (Å²) in [5, 5.41) is 8.60. The van der Waals surface area contributed by atoms with Gasteiger partial charge >= 0.3 is 0 Å². The highest BCUT2D eigenvalue weighted by molar-refractivity contribution is 5.88. The van der Waals surface area contributed by atoms with E-state index < -0.39 is 0 Å². The summed E-state index contributed by atoms with van der Waals surface area (Å²) in [5.74, 6) is 3.91. The molecule has 0 fully saturated rings. The molecule has 0 radical (unpaired) electrons. The number of aromatic nitrogens is 6. The van der Waals surface area contributed by atoms with Gasteiger partial charge in [-0.15, -0.1) is 0 Å². The third kappa shape index (κ3) is 3.79. The molecule has 0 unspecified atom stereocenters. The fraction of sp³-hybridized carbons (Fsp3) is 0.364. The van der Waals surface area contributed by atoms with Gasteiger partial charge in [0.15, 0.2) is 17.1 Å². The summed E-state index contributed by atoms with van der Waals surface area (Å²) in [6, 6.07) is 3.72. The van der Waals surface area contributed by atoms with Gasteiger partial charge in [-0.1, -0.05) is 13.8 Å². The van der Waals surface area contributed by atoms with E-state index in [4.69, 9.17) is 24.2 Å². The lowest BCUT2D eigenvalue weighted by Gasteiger charge is -2.14. The minimum Gasteiger partial charge on any atom is -0.493 e. The minimum atomic E-state index is 0.178. The van der Waals surface area contributed by atoms with Gasteiger partial charge in [-0.3, -0.25) is 0 Å². The van der Waals surface area contributed by atoms with Crippen LogP contribution >= 0.6 is 0 Å². The van der Waals surface area contributed by atoms with E-state index in [0.717, 1.165) is 29.1 Å². The molecule has 4 aromatic rings. The molecular weight excluding hydrogens is 410 g/mol. The molecule has 0 saturated heterocycles. The van der Waals surface area contributed by atoms with Crippen molar-refractivity contribution in [1.82, 2.24) is 29.3 Å². The summed E-state index contributed by atoms with van der Waals surface area (Å²) in [7, 11) is 4.75. The molecule has 1 aromatic carbocycles. The van der Waals surface area contributed by atoms with E-state index in [-0.39, 0.29) is 5.92 Å². The summed E-state index contributed by atoms with van der Waals surface area (Å²) in [5.41, 5.74) is 1.62. The fourth-order valence-corrected chi connectivity index (χ4v) is 3.42. The summed E-state index contributed by atoms with van der Waals surface area (Å²) in [4.78, 5) is 13.9. The van der Waals surface area contributed by atoms with E-state index in [1.54, 1.807) is 33.9 Å². The van der Waals surface area contributed by atoms with Crippen molar-refractivity contribution in [2.75, 3.05) is 26.6 Å². The second-order valence-electron chi connectivity index (χ2n) is 7.46. The molecule has 0 spiro atoms. The van der Waals surface area contributed by atoms with Crippen LogP contribution in [-0.2, 0) is 6.54 Å². The predicted octanol–water partition coefficient (Wildman–Crippen LogP) is 3.92. The van der Waals surface area contributed by atoms with Crippen LogP contribution in [0.4, 0.5) is 11.6 Å². The van der Waals surface area contributed by atoms with Crippen molar-refractivity contribution >= 4 is 22.7 Å². The molecule has 3 aromatic heterocycles. The number of methoxy groups -OCH3 is 3. The van der Waals surface area contributed by atoms with Crippen LogP contribution in [0.25, 0.3) is 16.7 Å². The highest BCUT2D eigenvalue weighted by Crippen LogP contribution is 2.39. The third-order valence-corrected chi connectivity index (χ3v) is 5.11. The molecule has 0 aliphatic heterocycles. The standard InChI is InChI=1S/C22H27N7O3/c1-7-29-22-15(10-24-29)21(26-20(27-22)13(2)3)25-18-11-28(12-23-18)14-8-16(30-4)19(32-6)17(9-14)31-5/h8-13H,7H2,1-6H3,(H,25,26,27). The molecular formula is C22H27N7O3. The molecule has 168 valence electrons. The van der Waals surface area contributed by atoms with Gasteiger partial charge < -0.3 is 24.1 Å². The Morgan fingerprint density at radius 2 is 1.75 bits per heavy atom. The first-order chi connectivity index (χ1) is 15.5. The summed E-state index contributed by atoms with van der Waals surface area (Å²) < 4.78 is 20.1. The average Bonchev–Trinajstić information content (AvgIpc) is 3.44. The van der Waals surface area contributed by atoms with Crippen LogP contribution in [0.15, 0.2) is 30.9 Å². The van der Waals surface area contributed by atoms with E-state index in [2.05, 4.69) is 29.2 Å². The van der Waals surface area contributed by atoms with Crippen LogP contribution in [-0.4, -0.2) is 50.6 Å². The lowest BCUT2D eigenvalue weighted by Crippen LogP contribution is -2.05. The van der Waals surface area contributed by atoms with Crippen LogP contribution in [0.5, 0.6) is 17.2 Å². The number of hydrogen-bond acceptors (Lipinski definition) is 8. The lowest BCUT2D eigenvalue weighted by molar-refractivity contribution is 0.324. The van der Waals surface area contributed by atoms with Crippen molar-refractivity contribution in [2.24, 2.45) is 0 Å². The molecule has 32 heavy (non-hydrogen) atoms. The van der Waals surface area contributed by atoms with Gasteiger partial charge in [0.2, 0.25) is 5.75 Å². The lowest BCUT2D eigenvalue weighted by atomic mass is 10.2. The Kier molecular flexibility index (Phi) is 5.85. The summed E-state index contributed by atoms with van der Waals surface area (Å²) in [6.45, 7) is 6.90. The maximum absolute atomic E-state index is 5.46. The molecule has 1 N–H and O–H groups in total. The van der Waals surface area contributed by atoms with E-state index in [9.17, 15) is 0 Å². The Morgan fingerprint density at radius 3 is 2.34 bits per heavy atom. The van der Waals surface area contributed by atoms with Gasteiger partial charge in [0, 0.05) is 24.6 Å². The zero-order chi connectivity index (χ0) is 22.8. The van der Waals surface area contributed by atoms with Crippen molar-refractivity contribution in [3.8, 4) is 22.9 Å². The summed E-state index contributed by atoms with van der Waals surface area (Å²) in [6.07, 6.45) is 5.36. The predicted molar refractivity (Wildman–Crippen MR) is 122 cm³/mol. The number of nitrogens with zero attached hydrogens (tertiary/aromatic N) is 6. The Labute approximate surface area is 186 Å². The molecule has 0 bridgehead atoms. The first-order valence-electron chi connectivity index (χ1n) is 10.3. The van der Waals surface area contributed by atoms with Crippen molar-refractivity contribution in [3.05, 3.63) is 36.7 Å². The smallest absolute Gasteiger partial charge is 0.203 e. The van der Waals surface area contributed by atoms with Crippen molar-refractivity contribution in [3.63, 3.8) is 0 Å². The number of benzene rings is 1. The van der Waals surface area contributed by atoms with Gasteiger partial charge in [-0.25, -0.2) is 19.6 Å². The number of hydrogen-bond donors (Lipinski definition) is 1. The zero-order valence-corrected chi connectivity index (χ0v) is 19.1. The number of imidazole rings is 1. The van der Waals surface area contributed by atoms with Crippen LogP contribution in [0.3, 0.4) is 0 Å². The third-order valence-electron chi connectivity index (χ3n) is 5.11. The van der Waals surface area contributed by atoms with E-state index in [0.29, 0.717) is 28.9 Å². The van der Waals surface area contributed by atoms with Crippen molar-refractivity contribution in [2.45, 2.75) is 33.2 Å². The molecule has 0 aliphatic rings. The van der Waals surface area contributed by atoms with E-state index >= 15 is 0 Å². The van der Waals surface area contributed by atoms with Crippen molar-refractivity contribution < 1.29 is 14.2 Å². The van der Waals surface area contributed by atoms with Gasteiger partial charge in [-0.05, 0) is 6.92 Å². The van der Waals surface area contributed by atoms with E-state index in [1.807, 2.05) is 34.5 Å². The molecule has 0 saturated carbocycles. The highest BCUT2D eigenvalue weighted by Gasteiger charge is 2.17. The summed E-state index contributed by atoms with van der Waals surface area (Å²) >= 11 is 0. The Bertz CT molecular complexity index is 1220. The maximum atomic E-state index is 5.46. The second kappa shape index (κ2) is 8.74. The fourth-order valence-electron chi connectivity index (χ4n) is 3.42. The Balaban J connectivity index is 1.72. The first kappa shape index (κ1) is 21.4. The molecule has 10 nitrogen and oxygen atoms in total. The van der Waals surface area contributed by atoms with Crippen LogP contribution in [0, 0.1) is 0 Å². The number of aryl methyl sites for hydroxylation is 1. The monoisotopic (exact) mass is 437 g/mol. The molecule has 3 heterocycles. The zero-order valence-electron chi connectivity index (χ0n) is 19.1. The Morgan fingerprint density at radius 1 is 1.03 bits per heavy atom. The number of nitrogens with one attached hydrogen (secondary N) is 1. The second-order valence-corrected chi connectivity index (χ2v) is 7.46. The van der Waals surface area contributed by atoms with Gasteiger partial charge in [0.25, 0.3) is 0 Å². The molecule has 0 aliphatic carbocycles. The van der Waals surface area contributed by atoms with Gasteiger partial charge in [0.05, 0.1) is 44.8 Å². The normalized spacial score (nSPS) is 11.2. The number of anilines is 2. The highest BCUT2D eigenvalue weighted by atomic mass is 16.5. The van der Waals surface area contributed by atoms with Gasteiger partial charge in [0.1, 0.15) is 23.8 Å². The largest absolute Gasteiger partial charge is 0.493 e.